The molecule has 5 rings (SSSR count). The summed E-state index contributed by atoms with van der Waals surface area (Å²) >= 11 is 0. The van der Waals surface area contributed by atoms with Crippen molar-refractivity contribution in [1.29, 1.82) is 0 Å². The van der Waals surface area contributed by atoms with Crippen molar-refractivity contribution in [3.8, 4) is 33.9 Å². The third-order valence-corrected chi connectivity index (χ3v) is 4.67. The number of hydrogen-bond donors (Lipinski definition) is 1. The van der Waals surface area contributed by atoms with Gasteiger partial charge in [-0.3, -0.25) is 4.98 Å². The SMILES string of the molecule is c1ccc(-c2ncc(-c3cc4ccccc4[nH]3)nc2-c2ccccc2)cc1. The number of benzene rings is 3. The number of nitrogens with zero attached hydrogens (tertiary/aromatic N) is 2. The summed E-state index contributed by atoms with van der Waals surface area (Å²) in [5.41, 5.74) is 6.81. The number of aromatic nitrogens is 3. The van der Waals surface area contributed by atoms with Gasteiger partial charge in [-0.15, -0.1) is 0 Å². The molecule has 1 N–H and O–H groups in total. The maximum Gasteiger partial charge on any atom is 0.106 e. The number of fused-ring (bicyclic) bond motifs is 1. The Bertz CT molecular complexity index is 1180. The average Bonchev–Trinajstić information content (AvgIpc) is 3.19. The van der Waals surface area contributed by atoms with Crippen LogP contribution in [0.5, 0.6) is 0 Å². The van der Waals surface area contributed by atoms with Crippen LogP contribution in [-0.4, -0.2) is 15.0 Å². The summed E-state index contributed by atoms with van der Waals surface area (Å²) in [6, 6.07) is 30.8. The van der Waals surface area contributed by atoms with E-state index < -0.39 is 0 Å². The van der Waals surface area contributed by atoms with E-state index in [4.69, 9.17) is 9.97 Å². The summed E-state index contributed by atoms with van der Waals surface area (Å²) in [4.78, 5) is 13.2. The minimum Gasteiger partial charge on any atom is -0.353 e. The first-order chi connectivity index (χ1) is 13.4. The number of aromatic amines is 1. The molecule has 3 heteroatoms. The van der Waals surface area contributed by atoms with Gasteiger partial charge in [-0.05, 0) is 12.1 Å². The van der Waals surface area contributed by atoms with Gasteiger partial charge in [-0.2, -0.15) is 0 Å². The van der Waals surface area contributed by atoms with Gasteiger partial charge < -0.3 is 4.98 Å². The van der Waals surface area contributed by atoms with Gasteiger partial charge >= 0.3 is 0 Å². The van der Waals surface area contributed by atoms with Crippen LogP contribution in [0.2, 0.25) is 0 Å². The predicted octanol–water partition coefficient (Wildman–Crippen LogP) is 5.96. The molecular weight excluding hydrogens is 330 g/mol. The summed E-state index contributed by atoms with van der Waals surface area (Å²) in [5.74, 6) is 0. The van der Waals surface area contributed by atoms with Crippen LogP contribution in [0.4, 0.5) is 0 Å². The fourth-order valence-corrected chi connectivity index (χ4v) is 3.33. The molecule has 0 fully saturated rings. The second-order valence-corrected chi connectivity index (χ2v) is 6.45. The van der Waals surface area contributed by atoms with Crippen molar-refractivity contribution in [1.82, 2.24) is 15.0 Å². The van der Waals surface area contributed by atoms with E-state index >= 15 is 0 Å². The quantitative estimate of drug-likeness (QED) is 0.437. The van der Waals surface area contributed by atoms with Gasteiger partial charge in [0, 0.05) is 22.0 Å². The number of rotatable bonds is 3. The van der Waals surface area contributed by atoms with E-state index in [1.165, 1.54) is 5.39 Å². The Balaban J connectivity index is 1.71. The van der Waals surface area contributed by atoms with Crippen LogP contribution >= 0.6 is 0 Å². The first kappa shape index (κ1) is 15.5. The van der Waals surface area contributed by atoms with Crippen molar-refractivity contribution in [3.63, 3.8) is 0 Å². The molecule has 0 unspecified atom stereocenters. The molecule has 0 bridgehead atoms. The Labute approximate surface area is 157 Å². The fraction of sp³-hybridized carbons (Fsp3) is 0. The largest absolute Gasteiger partial charge is 0.353 e. The van der Waals surface area contributed by atoms with Gasteiger partial charge in [0.05, 0.1) is 23.3 Å². The fourth-order valence-electron chi connectivity index (χ4n) is 3.33. The van der Waals surface area contributed by atoms with Gasteiger partial charge in [-0.1, -0.05) is 78.9 Å². The maximum absolute atomic E-state index is 4.99. The van der Waals surface area contributed by atoms with Crippen molar-refractivity contribution in [2.45, 2.75) is 0 Å². The molecule has 5 aromatic rings. The molecule has 0 aliphatic carbocycles. The lowest BCUT2D eigenvalue weighted by Gasteiger charge is -2.10. The highest BCUT2D eigenvalue weighted by Gasteiger charge is 2.14. The second-order valence-electron chi connectivity index (χ2n) is 6.45. The zero-order valence-corrected chi connectivity index (χ0v) is 14.6. The van der Waals surface area contributed by atoms with E-state index in [-0.39, 0.29) is 0 Å². The minimum atomic E-state index is 0.838. The Kier molecular flexibility index (Phi) is 3.76. The molecule has 2 heterocycles. The van der Waals surface area contributed by atoms with Crippen LogP contribution in [0.25, 0.3) is 44.8 Å². The number of para-hydroxylation sites is 1. The van der Waals surface area contributed by atoms with Gasteiger partial charge in [0.15, 0.2) is 0 Å². The topological polar surface area (TPSA) is 41.6 Å². The molecule has 2 aromatic heterocycles. The molecule has 3 nitrogen and oxygen atoms in total. The average molecular weight is 347 g/mol. The van der Waals surface area contributed by atoms with Gasteiger partial charge in [0.2, 0.25) is 0 Å². The number of nitrogens with one attached hydrogen (secondary N) is 1. The Morgan fingerprint density at radius 2 is 1.26 bits per heavy atom. The van der Waals surface area contributed by atoms with Crippen LogP contribution in [0, 0.1) is 0 Å². The monoisotopic (exact) mass is 347 g/mol. The number of H-pyrrole nitrogens is 1. The first-order valence-corrected chi connectivity index (χ1v) is 8.94. The standard InChI is InChI=1S/C24H17N3/c1-3-9-17(10-4-1)23-24(18-11-5-2-6-12-18)27-22(16-25-23)21-15-19-13-7-8-14-20(19)26-21/h1-16,26H. The lowest BCUT2D eigenvalue weighted by atomic mass is 10.0. The third kappa shape index (κ3) is 2.89. The van der Waals surface area contributed by atoms with E-state index in [0.29, 0.717) is 0 Å². The summed E-state index contributed by atoms with van der Waals surface area (Å²) in [7, 11) is 0. The van der Waals surface area contributed by atoms with Crippen LogP contribution in [0.1, 0.15) is 0 Å². The van der Waals surface area contributed by atoms with E-state index in [2.05, 4.69) is 47.4 Å². The Morgan fingerprint density at radius 3 is 1.96 bits per heavy atom. The van der Waals surface area contributed by atoms with Crippen LogP contribution in [-0.2, 0) is 0 Å². The summed E-state index contributed by atoms with van der Waals surface area (Å²) in [6.45, 7) is 0. The molecular formula is C24H17N3. The van der Waals surface area contributed by atoms with Gasteiger partial charge in [0.1, 0.15) is 5.69 Å². The van der Waals surface area contributed by atoms with Crippen LogP contribution in [0.15, 0.2) is 97.2 Å². The first-order valence-electron chi connectivity index (χ1n) is 8.94. The van der Waals surface area contributed by atoms with E-state index in [0.717, 1.165) is 39.4 Å². The molecule has 0 spiro atoms. The van der Waals surface area contributed by atoms with E-state index in [1.54, 1.807) is 0 Å². The Hall–Kier alpha value is -3.72. The van der Waals surface area contributed by atoms with Crippen LogP contribution in [0.3, 0.4) is 0 Å². The molecule has 0 saturated carbocycles. The predicted molar refractivity (Wildman–Crippen MR) is 110 cm³/mol. The number of hydrogen-bond acceptors (Lipinski definition) is 2. The van der Waals surface area contributed by atoms with Crippen molar-refractivity contribution in [2.24, 2.45) is 0 Å². The van der Waals surface area contributed by atoms with E-state index in [9.17, 15) is 0 Å². The van der Waals surface area contributed by atoms with E-state index in [1.807, 2.05) is 54.7 Å². The highest BCUT2D eigenvalue weighted by molar-refractivity contribution is 5.86. The summed E-state index contributed by atoms with van der Waals surface area (Å²) < 4.78 is 0. The molecule has 0 aliphatic heterocycles. The second kappa shape index (κ2) is 6.54. The molecule has 0 aliphatic rings. The van der Waals surface area contributed by atoms with Crippen molar-refractivity contribution >= 4 is 10.9 Å². The molecule has 27 heavy (non-hydrogen) atoms. The highest BCUT2D eigenvalue weighted by Crippen LogP contribution is 2.31. The minimum absolute atomic E-state index is 0.838. The maximum atomic E-state index is 4.99. The van der Waals surface area contributed by atoms with Crippen molar-refractivity contribution < 1.29 is 0 Å². The molecule has 0 atom stereocenters. The normalized spacial score (nSPS) is 11.0. The third-order valence-electron chi connectivity index (χ3n) is 4.67. The highest BCUT2D eigenvalue weighted by atomic mass is 14.9. The molecule has 0 amide bonds. The molecule has 0 saturated heterocycles. The smallest absolute Gasteiger partial charge is 0.106 e. The lowest BCUT2D eigenvalue weighted by Crippen LogP contribution is -1.96. The van der Waals surface area contributed by atoms with Crippen molar-refractivity contribution in [2.75, 3.05) is 0 Å². The van der Waals surface area contributed by atoms with Crippen molar-refractivity contribution in [3.05, 3.63) is 97.2 Å². The zero-order chi connectivity index (χ0) is 18.1. The van der Waals surface area contributed by atoms with Gasteiger partial charge in [0.25, 0.3) is 0 Å². The molecule has 128 valence electrons. The molecule has 0 radical (unpaired) electrons. The molecule has 3 aromatic carbocycles. The summed E-state index contributed by atoms with van der Waals surface area (Å²) in [6.07, 6.45) is 1.85. The lowest BCUT2D eigenvalue weighted by molar-refractivity contribution is 1.20. The van der Waals surface area contributed by atoms with Gasteiger partial charge in [-0.25, -0.2) is 4.98 Å². The summed E-state index contributed by atoms with van der Waals surface area (Å²) in [5, 5.41) is 1.17. The Morgan fingerprint density at radius 1 is 0.630 bits per heavy atom. The zero-order valence-electron chi connectivity index (χ0n) is 14.6. The van der Waals surface area contributed by atoms with Crippen LogP contribution < -0.4 is 0 Å².